The van der Waals surface area contributed by atoms with Gasteiger partial charge in [-0.05, 0) is 59.4 Å². The molecule has 2 aliphatic rings. The lowest BCUT2D eigenvalue weighted by molar-refractivity contribution is -0.139. The quantitative estimate of drug-likeness (QED) is 0.536. The van der Waals surface area contributed by atoms with Gasteiger partial charge in [-0.25, -0.2) is 4.79 Å². The number of carbonyl (C=O) groups is 3. The van der Waals surface area contributed by atoms with Crippen molar-refractivity contribution < 1.29 is 24.2 Å². The van der Waals surface area contributed by atoms with Crippen LogP contribution in [0.5, 0.6) is 0 Å². The van der Waals surface area contributed by atoms with Crippen molar-refractivity contribution >= 4 is 29.7 Å². The van der Waals surface area contributed by atoms with Crippen molar-refractivity contribution in [3.63, 3.8) is 0 Å². The van der Waals surface area contributed by atoms with Gasteiger partial charge in [0.05, 0.1) is 0 Å². The number of hydrogen-bond acceptors (Lipinski definition) is 5. The second-order valence-electron chi connectivity index (χ2n) is 9.17. The number of hydrogen-bond donors (Lipinski definition) is 2. The highest BCUT2D eigenvalue weighted by Gasteiger charge is 2.32. The van der Waals surface area contributed by atoms with Crippen LogP contribution < -0.4 is 5.32 Å². The van der Waals surface area contributed by atoms with Crippen LogP contribution in [0.4, 0.5) is 4.79 Å². The average Bonchev–Trinajstić information content (AvgIpc) is 3.18. The number of rotatable bonds is 9. The summed E-state index contributed by atoms with van der Waals surface area (Å²) in [7, 11) is 0. The maximum absolute atomic E-state index is 13.2. The van der Waals surface area contributed by atoms with Gasteiger partial charge >= 0.3 is 12.1 Å². The van der Waals surface area contributed by atoms with Crippen molar-refractivity contribution in [2.45, 2.75) is 37.6 Å². The molecule has 1 heterocycles. The van der Waals surface area contributed by atoms with Crippen molar-refractivity contribution in [1.29, 1.82) is 0 Å². The molecule has 1 saturated heterocycles. The molecule has 1 fully saturated rings. The highest BCUT2D eigenvalue weighted by molar-refractivity contribution is 7.98. The Hall–Kier alpha value is -3.00. The summed E-state index contributed by atoms with van der Waals surface area (Å²) < 4.78 is 5.66. The molecule has 186 valence electrons. The van der Waals surface area contributed by atoms with E-state index in [4.69, 9.17) is 9.84 Å². The van der Waals surface area contributed by atoms with Gasteiger partial charge < -0.3 is 20.1 Å². The normalized spacial score (nSPS) is 16.3. The minimum Gasteiger partial charge on any atom is -0.481 e. The van der Waals surface area contributed by atoms with Crippen LogP contribution in [-0.2, 0) is 14.3 Å². The van der Waals surface area contributed by atoms with Gasteiger partial charge in [0.25, 0.3) is 0 Å². The Morgan fingerprint density at radius 1 is 1.06 bits per heavy atom. The van der Waals surface area contributed by atoms with E-state index >= 15 is 0 Å². The summed E-state index contributed by atoms with van der Waals surface area (Å²) >= 11 is 1.62. The van der Waals surface area contributed by atoms with Crippen LogP contribution in [0.25, 0.3) is 11.1 Å². The molecule has 8 heteroatoms. The second kappa shape index (κ2) is 11.6. The first kappa shape index (κ1) is 25.1. The Morgan fingerprint density at radius 3 is 2.23 bits per heavy atom. The van der Waals surface area contributed by atoms with Gasteiger partial charge in [-0.1, -0.05) is 48.5 Å². The minimum absolute atomic E-state index is 0.0400. The van der Waals surface area contributed by atoms with Crippen LogP contribution >= 0.6 is 11.8 Å². The van der Waals surface area contributed by atoms with Crippen LogP contribution in [0, 0.1) is 5.92 Å². The lowest BCUT2D eigenvalue weighted by Crippen LogP contribution is -2.51. The fourth-order valence-electron chi connectivity index (χ4n) is 5.10. The van der Waals surface area contributed by atoms with Crippen molar-refractivity contribution in [3.05, 3.63) is 59.7 Å². The fourth-order valence-corrected chi connectivity index (χ4v) is 5.57. The van der Waals surface area contributed by atoms with E-state index in [1.165, 1.54) is 0 Å². The second-order valence-corrected chi connectivity index (χ2v) is 10.2. The molecule has 1 atom stereocenters. The number of carboxylic acid groups (broad SMARTS) is 1. The molecular formula is C27H32N2O5S. The van der Waals surface area contributed by atoms with Gasteiger partial charge in [0, 0.05) is 25.4 Å². The van der Waals surface area contributed by atoms with Crippen molar-refractivity contribution in [2.75, 3.05) is 31.7 Å². The third kappa shape index (κ3) is 5.99. The van der Waals surface area contributed by atoms with E-state index in [0.29, 0.717) is 32.4 Å². The van der Waals surface area contributed by atoms with Crippen LogP contribution in [0.2, 0.25) is 0 Å². The third-order valence-electron chi connectivity index (χ3n) is 6.93. The highest BCUT2D eigenvalue weighted by Crippen LogP contribution is 2.44. The highest BCUT2D eigenvalue weighted by atomic mass is 32.2. The minimum atomic E-state index is -0.801. The standard InChI is InChI=1S/C27H32N2O5S/c1-35-15-12-24(26(32)29-13-10-18(11-14-29)16-25(30)31)28-27(33)34-17-23-21-8-4-2-6-19(21)20-7-3-5-9-22(20)23/h2-9,18,23-24H,10-17H2,1H3,(H,28,33)(H,30,31)/t24-/m1/s1. The van der Waals surface area contributed by atoms with Gasteiger partial charge in [0.15, 0.2) is 0 Å². The maximum Gasteiger partial charge on any atom is 0.407 e. The van der Waals surface area contributed by atoms with Crippen LogP contribution in [0.1, 0.15) is 42.7 Å². The molecule has 1 aliphatic heterocycles. The molecule has 0 radical (unpaired) electrons. The summed E-state index contributed by atoms with van der Waals surface area (Å²) in [6.07, 6.45) is 3.35. The van der Waals surface area contributed by atoms with E-state index in [1.54, 1.807) is 16.7 Å². The molecule has 2 aromatic carbocycles. The lowest BCUT2D eigenvalue weighted by atomic mass is 9.93. The monoisotopic (exact) mass is 496 g/mol. The zero-order valence-electron chi connectivity index (χ0n) is 19.9. The Morgan fingerprint density at radius 2 is 1.66 bits per heavy atom. The summed E-state index contributed by atoms with van der Waals surface area (Å²) in [5, 5.41) is 11.8. The first-order valence-corrected chi connectivity index (χ1v) is 13.5. The molecule has 4 rings (SSSR count). The topological polar surface area (TPSA) is 95.9 Å². The SMILES string of the molecule is CSCC[C@@H](NC(=O)OCC1c2ccccc2-c2ccccc21)C(=O)N1CCC(CC(=O)O)CC1. The van der Waals surface area contributed by atoms with Crippen molar-refractivity contribution in [2.24, 2.45) is 5.92 Å². The molecule has 2 aromatic rings. The van der Waals surface area contributed by atoms with Crippen LogP contribution in [0.15, 0.2) is 48.5 Å². The largest absolute Gasteiger partial charge is 0.481 e. The van der Waals surface area contributed by atoms with Crippen LogP contribution in [0.3, 0.4) is 0 Å². The molecule has 2 N–H and O–H groups in total. The predicted molar refractivity (Wildman–Crippen MR) is 137 cm³/mol. The third-order valence-corrected chi connectivity index (χ3v) is 7.58. The van der Waals surface area contributed by atoms with Gasteiger partial charge in [-0.2, -0.15) is 11.8 Å². The first-order chi connectivity index (χ1) is 17.0. The number of alkyl carbamates (subject to hydrolysis) is 1. The predicted octanol–water partition coefficient (Wildman–Crippen LogP) is 4.36. The number of amides is 2. The number of benzene rings is 2. The number of likely N-dealkylation sites (tertiary alicyclic amines) is 1. The van der Waals surface area contributed by atoms with Crippen LogP contribution in [-0.4, -0.2) is 65.7 Å². The smallest absolute Gasteiger partial charge is 0.407 e. The van der Waals surface area contributed by atoms with Gasteiger partial charge in [0.1, 0.15) is 12.6 Å². The maximum atomic E-state index is 13.2. The number of piperidine rings is 1. The van der Waals surface area contributed by atoms with Gasteiger partial charge in [-0.15, -0.1) is 0 Å². The first-order valence-electron chi connectivity index (χ1n) is 12.1. The fraction of sp³-hybridized carbons (Fsp3) is 0.444. The van der Waals surface area contributed by atoms with Crippen molar-refractivity contribution in [1.82, 2.24) is 10.2 Å². The molecule has 0 saturated carbocycles. The molecule has 1 aliphatic carbocycles. The number of carbonyl (C=O) groups excluding carboxylic acids is 2. The number of ether oxygens (including phenoxy) is 1. The Labute approximate surface area is 210 Å². The Kier molecular flexibility index (Phi) is 8.33. The van der Waals surface area contributed by atoms with E-state index in [-0.39, 0.29) is 30.8 Å². The zero-order chi connectivity index (χ0) is 24.8. The van der Waals surface area contributed by atoms with E-state index in [2.05, 4.69) is 29.6 Å². The average molecular weight is 497 g/mol. The summed E-state index contributed by atoms with van der Waals surface area (Å²) in [6, 6.07) is 15.7. The van der Waals surface area contributed by atoms with E-state index in [9.17, 15) is 14.4 Å². The number of thioether (sulfide) groups is 1. The number of fused-ring (bicyclic) bond motifs is 3. The summed E-state index contributed by atoms with van der Waals surface area (Å²) in [5.74, 6) is -0.140. The molecular weight excluding hydrogens is 464 g/mol. The summed E-state index contributed by atoms with van der Waals surface area (Å²) in [5.41, 5.74) is 4.61. The number of nitrogens with one attached hydrogen (secondary N) is 1. The van der Waals surface area contributed by atoms with Crippen molar-refractivity contribution in [3.8, 4) is 11.1 Å². The molecule has 2 amide bonds. The van der Waals surface area contributed by atoms with E-state index in [1.807, 2.05) is 30.5 Å². The van der Waals surface area contributed by atoms with E-state index < -0.39 is 18.1 Å². The van der Waals surface area contributed by atoms with Gasteiger partial charge in [0.2, 0.25) is 5.91 Å². The number of aliphatic carboxylic acids is 1. The number of carboxylic acids is 1. The molecule has 0 spiro atoms. The zero-order valence-corrected chi connectivity index (χ0v) is 20.8. The molecule has 7 nitrogen and oxygen atoms in total. The Bertz CT molecular complexity index is 1020. The molecule has 0 unspecified atom stereocenters. The molecule has 0 bridgehead atoms. The molecule has 35 heavy (non-hydrogen) atoms. The summed E-state index contributed by atoms with van der Waals surface area (Å²) in [6.45, 7) is 1.22. The summed E-state index contributed by atoms with van der Waals surface area (Å²) in [4.78, 5) is 38.7. The Balaban J connectivity index is 1.36. The van der Waals surface area contributed by atoms with Gasteiger partial charge in [-0.3, -0.25) is 9.59 Å². The number of nitrogens with zero attached hydrogens (tertiary/aromatic N) is 1. The molecule has 0 aromatic heterocycles. The lowest BCUT2D eigenvalue weighted by Gasteiger charge is -2.34. The van der Waals surface area contributed by atoms with E-state index in [0.717, 1.165) is 28.0 Å².